The van der Waals surface area contributed by atoms with Crippen molar-refractivity contribution >= 4 is 27.5 Å². The van der Waals surface area contributed by atoms with Crippen molar-refractivity contribution in [2.24, 2.45) is 0 Å². The first-order valence-electron chi connectivity index (χ1n) is 3.56. The molecule has 13 heavy (non-hydrogen) atoms. The molecular formula is C8H7BrClF2N. The summed E-state index contributed by atoms with van der Waals surface area (Å²) in [4.78, 5) is 3.59. The van der Waals surface area contributed by atoms with Gasteiger partial charge in [0, 0.05) is 10.9 Å². The largest absolute Gasteiger partial charge is 0.280 e. The molecule has 0 aliphatic heterocycles. The van der Waals surface area contributed by atoms with E-state index in [9.17, 15) is 8.78 Å². The summed E-state index contributed by atoms with van der Waals surface area (Å²) in [7, 11) is 0. The number of halogens is 4. The van der Waals surface area contributed by atoms with Crippen molar-refractivity contribution in [2.75, 3.05) is 0 Å². The van der Waals surface area contributed by atoms with Gasteiger partial charge in [0.2, 0.25) is 0 Å². The van der Waals surface area contributed by atoms with Crippen LogP contribution in [0.4, 0.5) is 8.78 Å². The summed E-state index contributed by atoms with van der Waals surface area (Å²) in [5.41, 5.74) is 1.21. The Hall–Kier alpha value is -0.220. The smallest absolute Gasteiger partial charge is 0.235 e. The van der Waals surface area contributed by atoms with Crippen LogP contribution in [0.2, 0.25) is 5.15 Å². The lowest BCUT2D eigenvalue weighted by Gasteiger charge is -2.06. The van der Waals surface area contributed by atoms with Gasteiger partial charge in [-0.05, 0) is 18.6 Å². The molecule has 1 heterocycles. The normalized spacial score (nSPS) is 10.9. The van der Waals surface area contributed by atoms with Gasteiger partial charge >= 0.3 is 0 Å². The van der Waals surface area contributed by atoms with Gasteiger partial charge in [-0.15, -0.1) is 0 Å². The summed E-state index contributed by atoms with van der Waals surface area (Å²) in [6.45, 7) is 1.73. The maximum absolute atomic E-state index is 12.2. The molecule has 0 unspecified atom stereocenters. The Morgan fingerprint density at radius 3 is 2.62 bits per heavy atom. The van der Waals surface area contributed by atoms with E-state index in [4.69, 9.17) is 11.6 Å². The maximum Gasteiger partial charge on any atom is 0.280 e. The van der Waals surface area contributed by atoms with Crippen molar-refractivity contribution in [3.63, 3.8) is 0 Å². The van der Waals surface area contributed by atoms with Crippen LogP contribution in [0.3, 0.4) is 0 Å². The summed E-state index contributed by atoms with van der Waals surface area (Å²) < 4.78 is 24.5. The first kappa shape index (κ1) is 10.9. The van der Waals surface area contributed by atoms with Gasteiger partial charge in [-0.3, -0.25) is 0 Å². The van der Waals surface area contributed by atoms with Crippen LogP contribution in [-0.4, -0.2) is 4.98 Å². The van der Waals surface area contributed by atoms with Crippen LogP contribution in [0.15, 0.2) is 6.07 Å². The van der Waals surface area contributed by atoms with Crippen LogP contribution in [0.1, 0.15) is 23.2 Å². The van der Waals surface area contributed by atoms with E-state index in [1.807, 2.05) is 0 Å². The Bertz CT molecular complexity index is 294. The quantitative estimate of drug-likeness (QED) is 0.587. The van der Waals surface area contributed by atoms with Gasteiger partial charge in [-0.2, -0.15) is 0 Å². The Morgan fingerprint density at radius 2 is 2.23 bits per heavy atom. The highest BCUT2D eigenvalue weighted by Gasteiger charge is 2.13. The molecule has 0 saturated carbocycles. The number of hydrogen-bond donors (Lipinski definition) is 0. The maximum atomic E-state index is 12.2. The highest BCUT2D eigenvalue weighted by molar-refractivity contribution is 9.08. The van der Waals surface area contributed by atoms with E-state index in [-0.39, 0.29) is 10.8 Å². The second-order valence-corrected chi connectivity index (χ2v) is 3.49. The van der Waals surface area contributed by atoms with E-state index >= 15 is 0 Å². The minimum Gasteiger partial charge on any atom is -0.235 e. The fraction of sp³-hybridized carbons (Fsp3) is 0.375. The van der Waals surface area contributed by atoms with E-state index < -0.39 is 6.43 Å². The van der Waals surface area contributed by atoms with Gasteiger partial charge in [-0.1, -0.05) is 27.5 Å². The summed E-state index contributed by atoms with van der Waals surface area (Å²) in [5.74, 6) is 0. The number of aromatic nitrogens is 1. The summed E-state index contributed by atoms with van der Waals surface area (Å²) in [5, 5.41) is 0.668. The summed E-state index contributed by atoms with van der Waals surface area (Å²) in [6.07, 6.45) is -2.57. The molecule has 0 atom stereocenters. The van der Waals surface area contributed by atoms with E-state index in [1.54, 1.807) is 6.92 Å². The SMILES string of the molecule is Cc1cc(C(F)F)nc(Cl)c1CBr. The van der Waals surface area contributed by atoms with E-state index in [0.29, 0.717) is 5.33 Å². The average molecular weight is 271 g/mol. The van der Waals surface area contributed by atoms with Crippen LogP contribution < -0.4 is 0 Å². The number of nitrogens with zero attached hydrogens (tertiary/aromatic N) is 1. The van der Waals surface area contributed by atoms with E-state index in [1.165, 1.54) is 6.07 Å². The molecule has 0 aromatic carbocycles. The van der Waals surface area contributed by atoms with Crippen molar-refractivity contribution in [3.8, 4) is 0 Å². The highest BCUT2D eigenvalue weighted by Crippen LogP contribution is 2.25. The third kappa shape index (κ3) is 2.38. The van der Waals surface area contributed by atoms with Crippen LogP contribution in [0, 0.1) is 6.92 Å². The molecule has 0 aliphatic carbocycles. The van der Waals surface area contributed by atoms with Crippen LogP contribution >= 0.6 is 27.5 Å². The molecule has 72 valence electrons. The first-order valence-corrected chi connectivity index (χ1v) is 5.06. The molecular weight excluding hydrogens is 263 g/mol. The molecule has 1 rings (SSSR count). The van der Waals surface area contributed by atoms with Crippen molar-refractivity contribution in [1.82, 2.24) is 4.98 Å². The molecule has 0 saturated heterocycles. The number of pyridine rings is 1. The third-order valence-electron chi connectivity index (χ3n) is 1.67. The van der Waals surface area contributed by atoms with Crippen LogP contribution in [-0.2, 0) is 5.33 Å². The van der Waals surface area contributed by atoms with Crippen molar-refractivity contribution in [3.05, 3.63) is 28.0 Å². The number of alkyl halides is 3. The van der Waals surface area contributed by atoms with Gasteiger partial charge in [-0.25, -0.2) is 13.8 Å². The number of hydrogen-bond acceptors (Lipinski definition) is 1. The third-order valence-corrected chi connectivity index (χ3v) is 2.55. The van der Waals surface area contributed by atoms with Gasteiger partial charge < -0.3 is 0 Å². The van der Waals surface area contributed by atoms with Crippen molar-refractivity contribution < 1.29 is 8.78 Å². The molecule has 0 aliphatic rings. The van der Waals surface area contributed by atoms with Gasteiger partial charge in [0.05, 0.1) is 0 Å². The Morgan fingerprint density at radius 1 is 1.62 bits per heavy atom. The molecule has 0 spiro atoms. The van der Waals surface area contributed by atoms with Crippen LogP contribution in [0.5, 0.6) is 0 Å². The molecule has 0 N–H and O–H groups in total. The lowest BCUT2D eigenvalue weighted by Crippen LogP contribution is -1.96. The van der Waals surface area contributed by atoms with Crippen molar-refractivity contribution in [2.45, 2.75) is 18.7 Å². The Balaban J connectivity index is 3.20. The molecule has 0 amide bonds. The molecule has 1 aromatic rings. The molecule has 5 heteroatoms. The molecule has 1 nitrogen and oxygen atoms in total. The minimum atomic E-state index is -2.57. The Labute approximate surface area is 88.2 Å². The second kappa shape index (κ2) is 4.33. The molecule has 0 fully saturated rings. The Kier molecular flexibility index (Phi) is 3.62. The zero-order valence-corrected chi connectivity index (χ0v) is 9.16. The highest BCUT2D eigenvalue weighted by atomic mass is 79.9. The fourth-order valence-corrected chi connectivity index (χ4v) is 2.14. The lowest BCUT2D eigenvalue weighted by atomic mass is 10.1. The van der Waals surface area contributed by atoms with Gasteiger partial charge in [0.15, 0.2) is 0 Å². The predicted molar refractivity (Wildman–Crippen MR) is 51.6 cm³/mol. The standard InChI is InChI=1S/C8H7BrClF2N/c1-4-2-6(8(11)12)13-7(10)5(4)3-9/h2,8H,3H2,1H3. The monoisotopic (exact) mass is 269 g/mol. The van der Waals surface area contributed by atoms with Crippen molar-refractivity contribution in [1.29, 1.82) is 0 Å². The average Bonchev–Trinajstić information content (AvgIpc) is 2.03. The van der Waals surface area contributed by atoms with E-state index in [0.717, 1.165) is 11.1 Å². The molecule has 0 radical (unpaired) electrons. The lowest BCUT2D eigenvalue weighted by molar-refractivity contribution is 0.146. The van der Waals surface area contributed by atoms with E-state index in [2.05, 4.69) is 20.9 Å². The fourth-order valence-electron chi connectivity index (χ4n) is 0.957. The van der Waals surface area contributed by atoms with Gasteiger partial charge in [0.1, 0.15) is 10.8 Å². The van der Waals surface area contributed by atoms with Crippen LogP contribution in [0.25, 0.3) is 0 Å². The summed E-state index contributed by atoms with van der Waals surface area (Å²) in [6, 6.07) is 1.35. The topological polar surface area (TPSA) is 12.9 Å². The molecule has 0 bridgehead atoms. The summed E-state index contributed by atoms with van der Waals surface area (Å²) >= 11 is 8.91. The molecule has 1 aromatic heterocycles. The van der Waals surface area contributed by atoms with Gasteiger partial charge in [0.25, 0.3) is 6.43 Å². The number of aryl methyl sites for hydroxylation is 1. The minimum absolute atomic E-state index is 0.146. The zero-order valence-electron chi connectivity index (χ0n) is 6.82. The number of rotatable bonds is 2. The second-order valence-electron chi connectivity index (χ2n) is 2.57. The predicted octanol–water partition coefficient (Wildman–Crippen LogP) is 3.88. The first-order chi connectivity index (χ1) is 6.06. The zero-order chi connectivity index (χ0) is 10.0.